The van der Waals surface area contributed by atoms with Gasteiger partial charge in [0.1, 0.15) is 6.54 Å². The van der Waals surface area contributed by atoms with E-state index in [2.05, 4.69) is 0 Å². The highest BCUT2D eigenvalue weighted by Crippen LogP contribution is 2.24. The SMILES string of the molecule is CC(N)C(=O)N(CC(=O)O)C1CCC1. The minimum atomic E-state index is -0.981. The molecule has 1 saturated carbocycles. The fourth-order valence-corrected chi connectivity index (χ4v) is 1.49. The van der Waals surface area contributed by atoms with Gasteiger partial charge in [-0.3, -0.25) is 9.59 Å². The highest BCUT2D eigenvalue weighted by atomic mass is 16.4. The predicted octanol–water partition coefficient (Wildman–Crippen LogP) is -0.201. The minimum Gasteiger partial charge on any atom is -0.480 e. The maximum atomic E-state index is 11.6. The van der Waals surface area contributed by atoms with Crippen LogP contribution in [0.15, 0.2) is 0 Å². The fraction of sp³-hybridized carbons (Fsp3) is 0.778. The van der Waals surface area contributed by atoms with Crippen LogP contribution in [0.3, 0.4) is 0 Å². The molecular formula is C9H16N2O3. The van der Waals surface area contributed by atoms with Gasteiger partial charge in [0.25, 0.3) is 0 Å². The quantitative estimate of drug-likeness (QED) is 0.658. The molecule has 0 aliphatic heterocycles. The average molecular weight is 200 g/mol. The molecule has 1 fully saturated rings. The molecule has 0 saturated heterocycles. The molecule has 0 heterocycles. The van der Waals surface area contributed by atoms with E-state index in [0.29, 0.717) is 0 Å². The van der Waals surface area contributed by atoms with E-state index in [0.717, 1.165) is 19.3 Å². The summed E-state index contributed by atoms with van der Waals surface area (Å²) in [6.07, 6.45) is 2.85. The number of carbonyl (C=O) groups is 2. The summed E-state index contributed by atoms with van der Waals surface area (Å²) in [4.78, 5) is 23.5. The van der Waals surface area contributed by atoms with Crippen molar-refractivity contribution in [1.82, 2.24) is 4.90 Å². The van der Waals surface area contributed by atoms with Crippen molar-refractivity contribution in [3.63, 3.8) is 0 Å². The molecule has 0 spiro atoms. The molecular weight excluding hydrogens is 184 g/mol. The van der Waals surface area contributed by atoms with Crippen molar-refractivity contribution in [3.05, 3.63) is 0 Å². The molecule has 80 valence electrons. The maximum absolute atomic E-state index is 11.6. The molecule has 1 rings (SSSR count). The number of carboxylic acid groups (broad SMARTS) is 1. The van der Waals surface area contributed by atoms with Gasteiger partial charge in [-0.05, 0) is 26.2 Å². The molecule has 5 heteroatoms. The number of nitrogens with zero attached hydrogens (tertiary/aromatic N) is 1. The lowest BCUT2D eigenvalue weighted by Crippen LogP contribution is -2.51. The zero-order valence-corrected chi connectivity index (χ0v) is 8.27. The lowest BCUT2D eigenvalue weighted by Gasteiger charge is -2.37. The second-order valence-electron chi connectivity index (χ2n) is 3.73. The molecule has 3 N–H and O–H groups in total. The Morgan fingerprint density at radius 3 is 2.43 bits per heavy atom. The highest BCUT2D eigenvalue weighted by Gasteiger charge is 2.31. The van der Waals surface area contributed by atoms with Crippen molar-refractivity contribution in [2.75, 3.05) is 6.54 Å². The van der Waals surface area contributed by atoms with Crippen LogP contribution in [-0.2, 0) is 9.59 Å². The molecule has 1 amide bonds. The van der Waals surface area contributed by atoms with Crippen LogP contribution in [0, 0.1) is 0 Å². The van der Waals surface area contributed by atoms with Gasteiger partial charge in [-0.15, -0.1) is 0 Å². The fourth-order valence-electron chi connectivity index (χ4n) is 1.49. The summed E-state index contributed by atoms with van der Waals surface area (Å²) in [5.41, 5.74) is 5.44. The van der Waals surface area contributed by atoms with Crippen LogP contribution in [0.2, 0.25) is 0 Å². The lowest BCUT2D eigenvalue weighted by atomic mass is 9.91. The third-order valence-corrected chi connectivity index (χ3v) is 2.49. The van der Waals surface area contributed by atoms with Crippen molar-refractivity contribution in [2.24, 2.45) is 5.73 Å². The number of carbonyl (C=O) groups excluding carboxylic acids is 1. The Hall–Kier alpha value is -1.10. The summed E-state index contributed by atoms with van der Waals surface area (Å²) < 4.78 is 0. The van der Waals surface area contributed by atoms with Gasteiger partial charge in [-0.1, -0.05) is 0 Å². The maximum Gasteiger partial charge on any atom is 0.323 e. The molecule has 0 aromatic rings. The van der Waals surface area contributed by atoms with Gasteiger partial charge in [0.05, 0.1) is 6.04 Å². The first-order valence-corrected chi connectivity index (χ1v) is 4.80. The molecule has 1 aliphatic rings. The second kappa shape index (κ2) is 4.41. The lowest BCUT2D eigenvalue weighted by molar-refractivity contribution is -0.148. The number of carboxylic acids is 1. The monoisotopic (exact) mass is 200 g/mol. The first kappa shape index (κ1) is 11.0. The largest absolute Gasteiger partial charge is 0.480 e. The summed E-state index contributed by atoms with van der Waals surface area (Å²) in [7, 11) is 0. The standard InChI is InChI=1S/C9H16N2O3/c1-6(10)9(14)11(5-8(12)13)7-3-2-4-7/h6-7H,2-5,10H2,1H3,(H,12,13). The van der Waals surface area contributed by atoms with Crippen molar-refractivity contribution in [3.8, 4) is 0 Å². The van der Waals surface area contributed by atoms with E-state index in [4.69, 9.17) is 10.8 Å². The van der Waals surface area contributed by atoms with Gasteiger partial charge in [0.2, 0.25) is 5.91 Å². The minimum absolute atomic E-state index is 0.0876. The Morgan fingerprint density at radius 2 is 2.14 bits per heavy atom. The van der Waals surface area contributed by atoms with E-state index < -0.39 is 12.0 Å². The van der Waals surface area contributed by atoms with E-state index >= 15 is 0 Å². The average Bonchev–Trinajstić information content (AvgIpc) is 1.97. The smallest absolute Gasteiger partial charge is 0.323 e. The van der Waals surface area contributed by atoms with Crippen LogP contribution in [0.4, 0.5) is 0 Å². The molecule has 14 heavy (non-hydrogen) atoms. The Morgan fingerprint density at radius 1 is 1.57 bits per heavy atom. The zero-order valence-electron chi connectivity index (χ0n) is 8.27. The van der Waals surface area contributed by atoms with Crippen LogP contribution in [-0.4, -0.2) is 40.5 Å². The van der Waals surface area contributed by atoms with Crippen molar-refractivity contribution < 1.29 is 14.7 Å². The number of hydrogen-bond donors (Lipinski definition) is 2. The third kappa shape index (κ3) is 2.45. The molecule has 1 aliphatic carbocycles. The number of hydrogen-bond acceptors (Lipinski definition) is 3. The van der Waals surface area contributed by atoms with Gasteiger partial charge in [-0.2, -0.15) is 0 Å². The Balaban J connectivity index is 2.60. The summed E-state index contributed by atoms with van der Waals surface area (Å²) in [6, 6.07) is -0.528. The van der Waals surface area contributed by atoms with Gasteiger partial charge < -0.3 is 15.7 Å². The molecule has 0 bridgehead atoms. The Bertz CT molecular complexity index is 236. The van der Waals surface area contributed by atoms with Crippen molar-refractivity contribution in [1.29, 1.82) is 0 Å². The van der Waals surface area contributed by atoms with E-state index in [1.807, 2.05) is 0 Å². The first-order chi connectivity index (χ1) is 6.52. The summed E-state index contributed by atoms with van der Waals surface area (Å²) in [5.74, 6) is -1.25. The van der Waals surface area contributed by atoms with Crippen LogP contribution in [0.5, 0.6) is 0 Å². The normalized spacial score (nSPS) is 18.4. The van der Waals surface area contributed by atoms with Crippen LogP contribution in [0.1, 0.15) is 26.2 Å². The number of aliphatic carboxylic acids is 1. The summed E-state index contributed by atoms with van der Waals surface area (Å²) in [5, 5.41) is 8.65. The molecule has 1 unspecified atom stereocenters. The van der Waals surface area contributed by atoms with Crippen molar-refractivity contribution in [2.45, 2.75) is 38.3 Å². The molecule has 0 radical (unpaired) electrons. The van der Waals surface area contributed by atoms with E-state index in [9.17, 15) is 9.59 Å². The Labute approximate surface area is 82.9 Å². The molecule has 5 nitrogen and oxygen atoms in total. The van der Waals surface area contributed by atoms with E-state index in [1.165, 1.54) is 4.90 Å². The number of rotatable bonds is 4. The summed E-state index contributed by atoms with van der Waals surface area (Å²) in [6.45, 7) is 1.35. The van der Waals surface area contributed by atoms with Gasteiger partial charge in [0, 0.05) is 6.04 Å². The molecule has 1 atom stereocenters. The van der Waals surface area contributed by atoms with E-state index in [1.54, 1.807) is 6.92 Å². The summed E-state index contributed by atoms with van der Waals surface area (Å²) >= 11 is 0. The van der Waals surface area contributed by atoms with Gasteiger partial charge in [0.15, 0.2) is 0 Å². The predicted molar refractivity (Wildman–Crippen MR) is 50.6 cm³/mol. The van der Waals surface area contributed by atoms with Crippen LogP contribution in [0.25, 0.3) is 0 Å². The second-order valence-corrected chi connectivity index (χ2v) is 3.73. The number of nitrogens with two attached hydrogens (primary N) is 1. The topological polar surface area (TPSA) is 83.6 Å². The van der Waals surface area contributed by atoms with Crippen molar-refractivity contribution >= 4 is 11.9 Å². The Kier molecular flexibility index (Phi) is 3.46. The third-order valence-electron chi connectivity index (χ3n) is 2.49. The van der Waals surface area contributed by atoms with Crippen LogP contribution >= 0.6 is 0 Å². The van der Waals surface area contributed by atoms with E-state index in [-0.39, 0.29) is 18.5 Å². The van der Waals surface area contributed by atoms with Gasteiger partial charge >= 0.3 is 5.97 Å². The van der Waals surface area contributed by atoms with Crippen LogP contribution < -0.4 is 5.73 Å². The number of amides is 1. The first-order valence-electron chi connectivity index (χ1n) is 4.80. The molecule has 0 aromatic heterocycles. The molecule has 0 aromatic carbocycles. The van der Waals surface area contributed by atoms with Gasteiger partial charge in [-0.25, -0.2) is 0 Å². The highest BCUT2D eigenvalue weighted by molar-refractivity contribution is 5.85. The zero-order chi connectivity index (χ0) is 10.7.